The predicted octanol–water partition coefficient (Wildman–Crippen LogP) is 3.94. The zero-order valence-electron chi connectivity index (χ0n) is 14.2. The van der Waals surface area contributed by atoms with E-state index in [9.17, 15) is 4.79 Å². The van der Waals surface area contributed by atoms with Gasteiger partial charge in [-0.2, -0.15) is 0 Å². The van der Waals surface area contributed by atoms with Crippen molar-refractivity contribution in [3.05, 3.63) is 35.9 Å². The SMILES string of the molecule is O=C(CSc1nnc(NCc2ccccc2)s1)NCC1CCCCC1. The third-order valence-corrected chi connectivity index (χ3v) is 6.35. The van der Waals surface area contributed by atoms with Crippen molar-refractivity contribution in [2.45, 2.75) is 43.0 Å². The molecule has 1 aromatic heterocycles. The van der Waals surface area contributed by atoms with Crippen molar-refractivity contribution in [1.29, 1.82) is 0 Å². The van der Waals surface area contributed by atoms with Crippen molar-refractivity contribution in [3.63, 3.8) is 0 Å². The first kappa shape index (κ1) is 18.2. The van der Waals surface area contributed by atoms with Crippen LogP contribution < -0.4 is 10.6 Å². The minimum absolute atomic E-state index is 0.0876. The molecule has 0 spiro atoms. The number of nitrogens with zero attached hydrogens (tertiary/aromatic N) is 2. The Kier molecular flexibility index (Phi) is 7.11. The third-order valence-electron chi connectivity index (χ3n) is 4.33. The molecule has 7 heteroatoms. The summed E-state index contributed by atoms with van der Waals surface area (Å²) in [5.74, 6) is 1.16. The summed E-state index contributed by atoms with van der Waals surface area (Å²) in [5.41, 5.74) is 1.20. The second-order valence-electron chi connectivity index (χ2n) is 6.31. The zero-order valence-corrected chi connectivity index (χ0v) is 15.9. The van der Waals surface area contributed by atoms with Crippen LogP contribution in [-0.4, -0.2) is 28.4 Å². The van der Waals surface area contributed by atoms with Crippen LogP contribution in [-0.2, 0) is 11.3 Å². The molecule has 2 N–H and O–H groups in total. The number of aromatic nitrogens is 2. The fraction of sp³-hybridized carbons (Fsp3) is 0.500. The summed E-state index contributed by atoms with van der Waals surface area (Å²) < 4.78 is 0.823. The van der Waals surface area contributed by atoms with Crippen molar-refractivity contribution < 1.29 is 4.79 Å². The molecule has 1 fully saturated rings. The Morgan fingerprint density at radius 1 is 1.16 bits per heavy atom. The first-order valence-electron chi connectivity index (χ1n) is 8.80. The summed E-state index contributed by atoms with van der Waals surface area (Å²) >= 11 is 2.94. The van der Waals surface area contributed by atoms with Gasteiger partial charge in [0, 0.05) is 13.1 Å². The molecule has 0 aliphatic heterocycles. The normalized spacial score (nSPS) is 15.0. The average Bonchev–Trinajstić information content (AvgIpc) is 3.13. The van der Waals surface area contributed by atoms with Crippen molar-refractivity contribution in [2.75, 3.05) is 17.6 Å². The maximum Gasteiger partial charge on any atom is 0.230 e. The summed E-state index contributed by atoms with van der Waals surface area (Å²) in [6, 6.07) is 10.2. The Morgan fingerprint density at radius 3 is 2.76 bits per heavy atom. The second-order valence-corrected chi connectivity index (χ2v) is 8.51. The Labute approximate surface area is 157 Å². The lowest BCUT2D eigenvalue weighted by atomic mass is 9.89. The summed E-state index contributed by atoms with van der Waals surface area (Å²) in [4.78, 5) is 12.0. The van der Waals surface area contributed by atoms with Crippen LogP contribution in [0.5, 0.6) is 0 Å². The number of benzene rings is 1. The summed E-state index contributed by atoms with van der Waals surface area (Å²) in [6.07, 6.45) is 6.45. The molecule has 1 saturated carbocycles. The molecule has 134 valence electrons. The minimum atomic E-state index is 0.0876. The average molecular weight is 377 g/mol. The first-order chi connectivity index (χ1) is 12.3. The Bertz CT molecular complexity index is 656. The van der Waals surface area contributed by atoms with Crippen LogP contribution >= 0.6 is 23.1 Å². The molecule has 1 aliphatic rings. The van der Waals surface area contributed by atoms with Crippen LogP contribution in [0.2, 0.25) is 0 Å². The number of hydrogen-bond donors (Lipinski definition) is 2. The molecule has 1 aromatic carbocycles. The molecule has 2 aromatic rings. The minimum Gasteiger partial charge on any atom is -0.356 e. The molecule has 0 bridgehead atoms. The molecule has 1 heterocycles. The van der Waals surface area contributed by atoms with E-state index in [1.165, 1.54) is 60.8 Å². The largest absolute Gasteiger partial charge is 0.356 e. The molecule has 25 heavy (non-hydrogen) atoms. The van der Waals surface area contributed by atoms with Gasteiger partial charge in [-0.1, -0.05) is 72.7 Å². The maximum absolute atomic E-state index is 12.0. The molecule has 0 radical (unpaired) electrons. The van der Waals surface area contributed by atoms with Gasteiger partial charge in [0.25, 0.3) is 0 Å². The molecule has 0 atom stereocenters. The van der Waals surface area contributed by atoms with Gasteiger partial charge in [-0.3, -0.25) is 4.79 Å². The second kappa shape index (κ2) is 9.77. The number of hydrogen-bond acceptors (Lipinski definition) is 6. The standard InChI is InChI=1S/C18H24N4OS2/c23-16(19-11-14-7-3-1-4-8-14)13-24-18-22-21-17(25-18)20-12-15-9-5-2-6-10-15/h2,5-6,9-10,14H,1,3-4,7-8,11-13H2,(H,19,23)(H,20,21). The van der Waals surface area contributed by atoms with E-state index in [2.05, 4.69) is 33.0 Å². The molecular weight excluding hydrogens is 352 g/mol. The number of rotatable bonds is 8. The fourth-order valence-electron chi connectivity index (χ4n) is 2.94. The highest BCUT2D eigenvalue weighted by atomic mass is 32.2. The van der Waals surface area contributed by atoms with Crippen LogP contribution in [0.3, 0.4) is 0 Å². The number of carbonyl (C=O) groups excluding carboxylic acids is 1. The van der Waals surface area contributed by atoms with Gasteiger partial charge >= 0.3 is 0 Å². The van der Waals surface area contributed by atoms with Crippen molar-refractivity contribution in [3.8, 4) is 0 Å². The van der Waals surface area contributed by atoms with Gasteiger partial charge in [0.1, 0.15) is 0 Å². The van der Waals surface area contributed by atoms with Gasteiger partial charge in [-0.25, -0.2) is 0 Å². The van der Waals surface area contributed by atoms with Gasteiger partial charge < -0.3 is 10.6 Å². The molecule has 5 nitrogen and oxygen atoms in total. The van der Waals surface area contributed by atoms with Crippen LogP contribution in [0.4, 0.5) is 5.13 Å². The van der Waals surface area contributed by atoms with Gasteiger partial charge in [0.15, 0.2) is 4.34 Å². The van der Waals surface area contributed by atoms with Gasteiger partial charge in [-0.15, -0.1) is 10.2 Å². The molecule has 0 saturated heterocycles. The molecule has 1 amide bonds. The predicted molar refractivity (Wildman–Crippen MR) is 104 cm³/mol. The van der Waals surface area contributed by atoms with Gasteiger partial charge in [-0.05, 0) is 24.3 Å². The van der Waals surface area contributed by atoms with Crippen LogP contribution in [0.1, 0.15) is 37.7 Å². The van der Waals surface area contributed by atoms with E-state index in [4.69, 9.17) is 0 Å². The number of nitrogens with one attached hydrogen (secondary N) is 2. The monoisotopic (exact) mass is 376 g/mol. The lowest BCUT2D eigenvalue weighted by molar-refractivity contribution is -0.118. The first-order valence-corrected chi connectivity index (χ1v) is 10.6. The van der Waals surface area contributed by atoms with Crippen LogP contribution in [0.25, 0.3) is 0 Å². The van der Waals surface area contributed by atoms with Crippen LogP contribution in [0.15, 0.2) is 34.7 Å². The molecule has 0 unspecified atom stereocenters. The van der Waals surface area contributed by atoms with Crippen molar-refractivity contribution in [2.24, 2.45) is 5.92 Å². The zero-order chi connectivity index (χ0) is 17.3. The van der Waals surface area contributed by atoms with E-state index < -0.39 is 0 Å². The lowest BCUT2D eigenvalue weighted by Gasteiger charge is -2.21. The highest BCUT2D eigenvalue weighted by molar-refractivity contribution is 8.01. The highest BCUT2D eigenvalue weighted by Crippen LogP contribution is 2.26. The van der Waals surface area contributed by atoms with E-state index >= 15 is 0 Å². The summed E-state index contributed by atoms with van der Waals surface area (Å²) in [6.45, 7) is 1.54. The number of carbonyl (C=O) groups is 1. The van der Waals surface area contributed by atoms with E-state index in [0.29, 0.717) is 11.7 Å². The fourth-order valence-corrected chi connectivity index (χ4v) is 4.52. The quantitative estimate of drug-likeness (QED) is 0.683. The van der Waals surface area contributed by atoms with Gasteiger partial charge in [0.05, 0.1) is 5.75 Å². The lowest BCUT2D eigenvalue weighted by Crippen LogP contribution is -2.31. The van der Waals surface area contributed by atoms with Crippen LogP contribution in [0, 0.1) is 5.92 Å². The van der Waals surface area contributed by atoms with E-state index in [0.717, 1.165) is 22.6 Å². The van der Waals surface area contributed by atoms with E-state index in [-0.39, 0.29) is 5.91 Å². The van der Waals surface area contributed by atoms with Crippen molar-refractivity contribution in [1.82, 2.24) is 15.5 Å². The van der Waals surface area contributed by atoms with Crippen molar-refractivity contribution >= 4 is 34.1 Å². The topological polar surface area (TPSA) is 66.9 Å². The maximum atomic E-state index is 12.0. The molecular formula is C18H24N4OS2. The van der Waals surface area contributed by atoms with E-state index in [1.54, 1.807) is 0 Å². The number of anilines is 1. The number of amides is 1. The Morgan fingerprint density at radius 2 is 1.96 bits per heavy atom. The van der Waals surface area contributed by atoms with E-state index in [1.807, 2.05) is 18.2 Å². The summed E-state index contributed by atoms with van der Waals surface area (Å²) in [5, 5.41) is 15.4. The highest BCUT2D eigenvalue weighted by Gasteiger charge is 2.14. The molecule has 3 rings (SSSR count). The smallest absolute Gasteiger partial charge is 0.230 e. The summed E-state index contributed by atoms with van der Waals surface area (Å²) in [7, 11) is 0. The Hall–Kier alpha value is -1.60. The third kappa shape index (κ3) is 6.32. The molecule has 1 aliphatic carbocycles. The van der Waals surface area contributed by atoms with Gasteiger partial charge in [0.2, 0.25) is 11.0 Å². The number of thioether (sulfide) groups is 1. The Balaban J connectivity index is 1.35.